The average Bonchev–Trinajstić information content (AvgIpc) is 3.41. The summed E-state index contributed by atoms with van der Waals surface area (Å²) in [5.41, 5.74) is 1.26. The zero-order valence-corrected chi connectivity index (χ0v) is 25.3. The lowest BCUT2D eigenvalue weighted by atomic mass is 9.71. The molecule has 2 aliphatic heterocycles. The fourth-order valence-electron chi connectivity index (χ4n) is 6.96. The first-order valence-electron chi connectivity index (χ1n) is 15.2. The van der Waals surface area contributed by atoms with Crippen LogP contribution in [0, 0.1) is 17.0 Å². The maximum Gasteiger partial charge on any atom is 0.416 e. The van der Waals surface area contributed by atoms with Crippen LogP contribution in [0.4, 0.5) is 22.0 Å². The van der Waals surface area contributed by atoms with Gasteiger partial charge in [0.2, 0.25) is 0 Å². The van der Waals surface area contributed by atoms with Crippen molar-refractivity contribution in [3.8, 4) is 0 Å². The Morgan fingerprint density at radius 1 is 0.911 bits per heavy atom. The van der Waals surface area contributed by atoms with Gasteiger partial charge in [-0.2, -0.15) is 13.2 Å². The molecule has 2 heterocycles. The summed E-state index contributed by atoms with van der Waals surface area (Å²) in [5.74, 6) is -1.85. The molecular weight excluding hydrogens is 613 g/mol. The van der Waals surface area contributed by atoms with E-state index in [0.717, 1.165) is 68.1 Å². The molecule has 3 aliphatic rings. The second-order valence-corrected chi connectivity index (χ2v) is 12.8. The van der Waals surface area contributed by atoms with E-state index in [1.165, 1.54) is 18.2 Å². The highest BCUT2D eigenvalue weighted by molar-refractivity contribution is 6.33. The first kappa shape index (κ1) is 31.5. The van der Waals surface area contributed by atoms with E-state index >= 15 is 0 Å². The Bertz CT molecular complexity index is 1590. The molecule has 0 radical (unpaired) electrons. The van der Waals surface area contributed by atoms with Crippen LogP contribution in [0.2, 0.25) is 5.02 Å². The molecule has 1 N–H and O–H groups in total. The molecule has 45 heavy (non-hydrogen) atoms. The van der Waals surface area contributed by atoms with Gasteiger partial charge in [0.05, 0.1) is 22.2 Å². The van der Waals surface area contributed by atoms with Crippen molar-refractivity contribution in [3.63, 3.8) is 0 Å². The lowest BCUT2D eigenvalue weighted by molar-refractivity contribution is -0.137. The van der Waals surface area contributed by atoms with E-state index in [-0.39, 0.29) is 34.0 Å². The topological polar surface area (TPSA) is 52.7 Å². The SMILES string of the molecule is O=C(NC1CCc2ccc(C(=O)N3CCC4(CCN(Cc5c(F)cccc5F)CC4)CC3)cc21)c1cc(C(F)(F)F)ccc1Cl. The number of fused-ring (bicyclic) bond motifs is 1. The van der Waals surface area contributed by atoms with Gasteiger partial charge < -0.3 is 10.2 Å². The molecule has 238 valence electrons. The van der Waals surface area contributed by atoms with E-state index in [0.29, 0.717) is 31.5 Å². The standard InChI is InChI=1S/C34H33ClF5N3O2/c35-27-8-7-23(34(38,39)40)19-25(27)31(44)41-30-9-6-21-4-5-22(18-24(21)30)32(45)43-16-12-33(13-17-43)10-14-42(15-11-33)20-26-28(36)2-1-3-29(26)37/h1-5,7-8,18-19,30H,6,9-17,20H2,(H,41,44). The van der Waals surface area contributed by atoms with E-state index in [9.17, 15) is 31.5 Å². The van der Waals surface area contributed by atoms with Gasteiger partial charge in [-0.3, -0.25) is 14.5 Å². The molecule has 1 unspecified atom stereocenters. The van der Waals surface area contributed by atoms with E-state index < -0.39 is 35.3 Å². The van der Waals surface area contributed by atoms with E-state index in [1.807, 2.05) is 11.0 Å². The summed E-state index contributed by atoms with van der Waals surface area (Å²) in [6, 6.07) is 11.6. The number of halogens is 6. The van der Waals surface area contributed by atoms with Gasteiger partial charge in [0.15, 0.2) is 0 Å². The first-order chi connectivity index (χ1) is 21.4. The van der Waals surface area contributed by atoms with Gasteiger partial charge in [-0.15, -0.1) is 0 Å². The molecule has 2 amide bonds. The number of amides is 2. The lowest BCUT2D eigenvalue weighted by Gasteiger charge is -2.47. The predicted molar refractivity (Wildman–Crippen MR) is 160 cm³/mol. The van der Waals surface area contributed by atoms with Crippen LogP contribution in [-0.4, -0.2) is 47.8 Å². The van der Waals surface area contributed by atoms with Crippen LogP contribution < -0.4 is 5.32 Å². The number of carbonyl (C=O) groups is 2. The third-order valence-corrected chi connectivity index (χ3v) is 10.1. The van der Waals surface area contributed by atoms with Crippen molar-refractivity contribution in [2.24, 2.45) is 5.41 Å². The fraction of sp³-hybridized carbons (Fsp3) is 0.412. The van der Waals surface area contributed by atoms with Crippen molar-refractivity contribution in [3.05, 3.63) is 105 Å². The van der Waals surface area contributed by atoms with Crippen LogP contribution in [0.1, 0.15) is 81.1 Å². The number of carbonyl (C=O) groups excluding carboxylic acids is 2. The van der Waals surface area contributed by atoms with Crippen molar-refractivity contribution in [2.75, 3.05) is 26.2 Å². The Kier molecular flexibility index (Phi) is 8.65. The van der Waals surface area contributed by atoms with Crippen molar-refractivity contribution in [2.45, 2.75) is 57.3 Å². The van der Waals surface area contributed by atoms with E-state index in [4.69, 9.17) is 11.6 Å². The summed E-state index contributed by atoms with van der Waals surface area (Å²) in [6.07, 6.45) is 0.122. The monoisotopic (exact) mass is 645 g/mol. The third kappa shape index (κ3) is 6.58. The molecular formula is C34H33ClF5N3O2. The molecule has 0 bridgehead atoms. The Morgan fingerprint density at radius 2 is 1.58 bits per heavy atom. The maximum atomic E-state index is 14.1. The Morgan fingerprint density at radius 3 is 2.24 bits per heavy atom. The molecule has 3 aromatic carbocycles. The smallest absolute Gasteiger partial charge is 0.345 e. The molecule has 2 fully saturated rings. The Labute approximate surface area is 263 Å². The van der Waals surface area contributed by atoms with E-state index in [2.05, 4.69) is 10.2 Å². The summed E-state index contributed by atoms with van der Waals surface area (Å²) in [5, 5.41) is 2.75. The summed E-state index contributed by atoms with van der Waals surface area (Å²) in [7, 11) is 0. The molecule has 1 atom stereocenters. The van der Waals surface area contributed by atoms with Gasteiger partial charge >= 0.3 is 6.18 Å². The van der Waals surface area contributed by atoms with Crippen LogP contribution >= 0.6 is 11.6 Å². The second-order valence-electron chi connectivity index (χ2n) is 12.4. The minimum atomic E-state index is -4.61. The number of benzene rings is 3. The molecule has 5 nitrogen and oxygen atoms in total. The third-order valence-electron chi connectivity index (χ3n) is 9.79. The minimum absolute atomic E-state index is 0.0739. The van der Waals surface area contributed by atoms with Crippen molar-refractivity contribution >= 4 is 23.4 Å². The Balaban J connectivity index is 1.06. The number of hydrogen-bond acceptors (Lipinski definition) is 3. The number of nitrogens with one attached hydrogen (secondary N) is 1. The molecule has 6 rings (SSSR count). The number of nitrogens with zero attached hydrogens (tertiary/aromatic N) is 2. The largest absolute Gasteiger partial charge is 0.416 e. The van der Waals surface area contributed by atoms with Crippen molar-refractivity contribution < 1.29 is 31.5 Å². The van der Waals surface area contributed by atoms with E-state index in [1.54, 1.807) is 12.1 Å². The number of piperidine rings is 2. The van der Waals surface area contributed by atoms with Gasteiger partial charge in [-0.25, -0.2) is 8.78 Å². The van der Waals surface area contributed by atoms with Crippen LogP contribution in [-0.2, 0) is 19.1 Å². The zero-order chi connectivity index (χ0) is 31.9. The molecule has 3 aromatic rings. The van der Waals surface area contributed by atoms with Crippen molar-refractivity contribution in [1.29, 1.82) is 0 Å². The first-order valence-corrected chi connectivity index (χ1v) is 15.6. The molecule has 0 aromatic heterocycles. The quantitative estimate of drug-likeness (QED) is 0.291. The van der Waals surface area contributed by atoms with Gasteiger partial charge in [0, 0.05) is 30.8 Å². The molecule has 1 spiro atoms. The molecule has 0 saturated carbocycles. The summed E-state index contributed by atoms with van der Waals surface area (Å²) < 4.78 is 67.9. The van der Waals surface area contributed by atoms with Crippen LogP contribution in [0.15, 0.2) is 54.6 Å². The van der Waals surface area contributed by atoms with Crippen LogP contribution in [0.25, 0.3) is 0 Å². The Hall–Kier alpha value is -3.50. The number of likely N-dealkylation sites (tertiary alicyclic amines) is 2. The van der Waals surface area contributed by atoms with Crippen molar-refractivity contribution in [1.82, 2.24) is 15.1 Å². The average molecular weight is 646 g/mol. The summed E-state index contributed by atoms with van der Waals surface area (Å²) >= 11 is 6.08. The normalized spacial score (nSPS) is 19.9. The van der Waals surface area contributed by atoms with Gasteiger partial charge in [-0.05, 0) is 111 Å². The van der Waals surface area contributed by atoms with Crippen LogP contribution in [0.5, 0.6) is 0 Å². The number of hydrogen-bond donors (Lipinski definition) is 1. The molecule has 2 saturated heterocycles. The number of aryl methyl sites for hydroxylation is 1. The van der Waals surface area contributed by atoms with Crippen LogP contribution in [0.3, 0.4) is 0 Å². The number of alkyl halides is 3. The summed E-state index contributed by atoms with van der Waals surface area (Å²) in [4.78, 5) is 30.5. The summed E-state index contributed by atoms with van der Waals surface area (Å²) in [6.45, 7) is 2.93. The molecule has 1 aliphatic carbocycles. The maximum absolute atomic E-state index is 14.1. The van der Waals surface area contributed by atoms with Gasteiger partial charge in [-0.1, -0.05) is 23.7 Å². The lowest BCUT2D eigenvalue weighted by Crippen LogP contribution is -2.48. The van der Waals surface area contributed by atoms with Gasteiger partial charge in [0.25, 0.3) is 11.8 Å². The van der Waals surface area contributed by atoms with Gasteiger partial charge in [0.1, 0.15) is 11.6 Å². The second kappa shape index (κ2) is 12.4. The predicted octanol–water partition coefficient (Wildman–Crippen LogP) is 7.57. The molecule has 11 heteroatoms. The zero-order valence-electron chi connectivity index (χ0n) is 24.5. The number of rotatable bonds is 5. The fourth-order valence-corrected chi connectivity index (χ4v) is 7.16. The highest BCUT2D eigenvalue weighted by Gasteiger charge is 2.39. The highest BCUT2D eigenvalue weighted by Crippen LogP contribution is 2.42. The highest BCUT2D eigenvalue weighted by atomic mass is 35.5. The minimum Gasteiger partial charge on any atom is -0.345 e.